The smallest absolute Gasteiger partial charge is 0.337 e. The van der Waals surface area contributed by atoms with E-state index >= 15 is 0 Å². The monoisotopic (exact) mass is 309 g/mol. The first-order valence-corrected chi connectivity index (χ1v) is 6.70. The SMILES string of the molecule is COC(=O)c1ccc(C(=O)NNC(=S)NC(C)(C)C)cc1. The Morgan fingerprint density at radius 3 is 2.05 bits per heavy atom. The van der Waals surface area contributed by atoms with E-state index < -0.39 is 5.97 Å². The molecule has 7 heteroatoms. The highest BCUT2D eigenvalue weighted by Crippen LogP contribution is 2.05. The fourth-order valence-corrected chi connectivity index (χ4v) is 1.79. The van der Waals surface area contributed by atoms with E-state index in [9.17, 15) is 9.59 Å². The molecule has 21 heavy (non-hydrogen) atoms. The molecule has 0 saturated carbocycles. The molecule has 0 aromatic heterocycles. The lowest BCUT2D eigenvalue weighted by atomic mass is 10.1. The molecular formula is C14H19N3O3S. The highest BCUT2D eigenvalue weighted by molar-refractivity contribution is 7.80. The summed E-state index contributed by atoms with van der Waals surface area (Å²) in [5.41, 5.74) is 5.67. The number of nitrogens with one attached hydrogen (secondary N) is 3. The first kappa shape index (κ1) is 16.9. The third kappa shape index (κ3) is 5.78. The number of methoxy groups -OCH3 is 1. The van der Waals surface area contributed by atoms with Gasteiger partial charge in [0.15, 0.2) is 5.11 Å². The Labute approximate surface area is 129 Å². The van der Waals surface area contributed by atoms with Gasteiger partial charge in [-0.3, -0.25) is 15.6 Å². The third-order valence-electron chi connectivity index (χ3n) is 2.35. The Morgan fingerprint density at radius 1 is 1.05 bits per heavy atom. The molecule has 0 unspecified atom stereocenters. The van der Waals surface area contributed by atoms with Gasteiger partial charge in [0.2, 0.25) is 0 Å². The molecule has 0 saturated heterocycles. The van der Waals surface area contributed by atoms with Crippen LogP contribution in [-0.2, 0) is 4.74 Å². The Hall–Kier alpha value is -2.15. The number of carbonyl (C=O) groups is 2. The summed E-state index contributed by atoms with van der Waals surface area (Å²) in [7, 11) is 1.30. The van der Waals surface area contributed by atoms with Gasteiger partial charge >= 0.3 is 5.97 Å². The van der Waals surface area contributed by atoms with Crippen LogP contribution < -0.4 is 16.2 Å². The highest BCUT2D eigenvalue weighted by Gasteiger charge is 2.12. The van der Waals surface area contributed by atoms with E-state index in [4.69, 9.17) is 12.2 Å². The van der Waals surface area contributed by atoms with Crippen LogP contribution in [0.2, 0.25) is 0 Å². The van der Waals surface area contributed by atoms with Gasteiger partial charge < -0.3 is 10.1 Å². The molecule has 0 heterocycles. The second-order valence-corrected chi connectivity index (χ2v) is 5.76. The topological polar surface area (TPSA) is 79.5 Å². The molecule has 0 radical (unpaired) electrons. The fraction of sp³-hybridized carbons (Fsp3) is 0.357. The molecule has 1 aromatic carbocycles. The standard InChI is InChI=1S/C14H19N3O3S/c1-14(2,3)15-13(21)17-16-11(18)9-5-7-10(8-6-9)12(19)20-4/h5-8H,1-4H3,(H,16,18)(H2,15,17,21). The van der Waals surface area contributed by atoms with E-state index in [2.05, 4.69) is 20.9 Å². The van der Waals surface area contributed by atoms with Crippen LogP contribution in [0.1, 0.15) is 41.5 Å². The van der Waals surface area contributed by atoms with Gasteiger partial charge in [-0.1, -0.05) is 0 Å². The molecule has 0 spiro atoms. The minimum Gasteiger partial charge on any atom is -0.465 e. The zero-order valence-electron chi connectivity index (χ0n) is 12.4. The van der Waals surface area contributed by atoms with Crippen LogP contribution in [0.3, 0.4) is 0 Å². The maximum atomic E-state index is 11.9. The lowest BCUT2D eigenvalue weighted by Gasteiger charge is -2.23. The number of esters is 1. The maximum absolute atomic E-state index is 11.9. The summed E-state index contributed by atoms with van der Waals surface area (Å²) in [6, 6.07) is 6.10. The maximum Gasteiger partial charge on any atom is 0.337 e. The lowest BCUT2D eigenvalue weighted by Crippen LogP contribution is -2.52. The van der Waals surface area contributed by atoms with E-state index in [1.165, 1.54) is 31.4 Å². The number of hydrogen-bond acceptors (Lipinski definition) is 4. The second kappa shape index (κ2) is 7.03. The first-order chi connectivity index (χ1) is 9.73. The minimum atomic E-state index is -0.448. The quantitative estimate of drug-likeness (QED) is 0.435. The average molecular weight is 309 g/mol. The van der Waals surface area contributed by atoms with Crippen LogP contribution >= 0.6 is 12.2 Å². The van der Waals surface area contributed by atoms with Crippen molar-refractivity contribution in [3.8, 4) is 0 Å². The van der Waals surface area contributed by atoms with Gasteiger partial charge in [-0.25, -0.2) is 4.79 Å². The van der Waals surface area contributed by atoms with Gasteiger partial charge in [-0.15, -0.1) is 0 Å². The summed E-state index contributed by atoms with van der Waals surface area (Å²) >= 11 is 5.04. The zero-order valence-corrected chi connectivity index (χ0v) is 13.3. The fourth-order valence-electron chi connectivity index (χ4n) is 1.43. The van der Waals surface area contributed by atoms with Crippen LogP contribution in [0.25, 0.3) is 0 Å². The van der Waals surface area contributed by atoms with Crippen molar-refractivity contribution in [2.75, 3.05) is 7.11 Å². The second-order valence-electron chi connectivity index (χ2n) is 5.35. The average Bonchev–Trinajstić information content (AvgIpc) is 2.42. The summed E-state index contributed by atoms with van der Waals surface area (Å²) in [4.78, 5) is 23.2. The summed E-state index contributed by atoms with van der Waals surface area (Å²) in [6.45, 7) is 5.86. The molecule has 1 rings (SSSR count). The van der Waals surface area contributed by atoms with Crippen molar-refractivity contribution in [2.24, 2.45) is 0 Å². The van der Waals surface area contributed by atoms with E-state index in [1.807, 2.05) is 20.8 Å². The molecule has 0 aliphatic rings. The lowest BCUT2D eigenvalue weighted by molar-refractivity contribution is 0.0600. The normalized spacial score (nSPS) is 10.5. The van der Waals surface area contributed by atoms with Crippen molar-refractivity contribution in [3.63, 3.8) is 0 Å². The highest BCUT2D eigenvalue weighted by atomic mass is 32.1. The number of amides is 1. The van der Waals surface area contributed by atoms with Crippen molar-refractivity contribution in [2.45, 2.75) is 26.3 Å². The number of thiocarbonyl (C=S) groups is 1. The summed E-state index contributed by atoms with van der Waals surface area (Å²) in [5, 5.41) is 3.32. The van der Waals surface area contributed by atoms with Crippen molar-refractivity contribution >= 4 is 29.2 Å². The molecule has 0 atom stereocenters. The predicted octanol–water partition coefficient (Wildman–Crippen LogP) is 1.38. The number of ether oxygens (including phenoxy) is 1. The van der Waals surface area contributed by atoms with Gasteiger partial charge in [-0.05, 0) is 57.3 Å². The molecule has 6 nitrogen and oxygen atoms in total. The van der Waals surface area contributed by atoms with Gasteiger partial charge in [0, 0.05) is 11.1 Å². The van der Waals surface area contributed by atoms with Crippen molar-refractivity contribution in [1.29, 1.82) is 0 Å². The van der Waals surface area contributed by atoms with E-state index in [1.54, 1.807) is 0 Å². The molecule has 0 bridgehead atoms. The van der Waals surface area contributed by atoms with Crippen molar-refractivity contribution < 1.29 is 14.3 Å². The van der Waals surface area contributed by atoms with E-state index in [0.29, 0.717) is 16.2 Å². The largest absolute Gasteiger partial charge is 0.465 e. The van der Waals surface area contributed by atoms with Gasteiger partial charge in [0.05, 0.1) is 12.7 Å². The van der Waals surface area contributed by atoms with Crippen LogP contribution in [0.4, 0.5) is 0 Å². The molecule has 3 N–H and O–H groups in total. The molecule has 0 aliphatic carbocycles. The van der Waals surface area contributed by atoms with Gasteiger partial charge in [0.1, 0.15) is 0 Å². The van der Waals surface area contributed by atoms with E-state index in [0.717, 1.165) is 0 Å². The third-order valence-corrected chi connectivity index (χ3v) is 2.55. The first-order valence-electron chi connectivity index (χ1n) is 6.30. The molecule has 1 amide bonds. The molecular weight excluding hydrogens is 290 g/mol. The number of carbonyl (C=O) groups excluding carboxylic acids is 2. The molecule has 0 fully saturated rings. The van der Waals surface area contributed by atoms with Crippen LogP contribution in [0, 0.1) is 0 Å². The Balaban J connectivity index is 2.56. The van der Waals surface area contributed by atoms with Crippen LogP contribution in [0.15, 0.2) is 24.3 Å². The number of benzene rings is 1. The Kier molecular flexibility index (Phi) is 5.66. The Morgan fingerprint density at radius 2 is 1.57 bits per heavy atom. The summed E-state index contributed by atoms with van der Waals surface area (Å²) in [5.74, 6) is -0.805. The number of hydrazine groups is 1. The van der Waals surface area contributed by atoms with Gasteiger partial charge in [-0.2, -0.15) is 0 Å². The molecule has 1 aromatic rings. The summed E-state index contributed by atoms with van der Waals surface area (Å²) in [6.07, 6.45) is 0. The molecule has 0 aliphatic heterocycles. The van der Waals surface area contributed by atoms with Crippen LogP contribution in [-0.4, -0.2) is 29.6 Å². The number of hydrogen-bond donors (Lipinski definition) is 3. The van der Waals surface area contributed by atoms with Crippen molar-refractivity contribution in [3.05, 3.63) is 35.4 Å². The summed E-state index contributed by atoms with van der Waals surface area (Å²) < 4.78 is 4.58. The molecule has 114 valence electrons. The Bertz CT molecular complexity index is 535. The predicted molar refractivity (Wildman–Crippen MR) is 83.9 cm³/mol. The number of rotatable bonds is 2. The van der Waals surface area contributed by atoms with Crippen molar-refractivity contribution in [1.82, 2.24) is 16.2 Å². The zero-order chi connectivity index (χ0) is 16.0. The van der Waals surface area contributed by atoms with E-state index in [-0.39, 0.29) is 11.4 Å². The van der Waals surface area contributed by atoms with Gasteiger partial charge in [0.25, 0.3) is 5.91 Å². The minimum absolute atomic E-state index is 0.197. The van der Waals surface area contributed by atoms with Crippen LogP contribution in [0.5, 0.6) is 0 Å².